The molecule has 0 saturated carbocycles. The molecule has 3 aromatic rings. The lowest BCUT2D eigenvalue weighted by molar-refractivity contribution is -0.152. The van der Waals surface area contributed by atoms with Crippen LogP contribution in [0.5, 0.6) is 5.75 Å². The van der Waals surface area contributed by atoms with Gasteiger partial charge in [-0.05, 0) is 56.6 Å². The number of carboxylic acids is 1. The third-order valence-electron chi connectivity index (χ3n) is 4.26. The average molecular weight is 368 g/mol. The highest BCUT2D eigenvalue weighted by Crippen LogP contribution is 2.19. The molecule has 2 N–H and O–H groups in total. The number of fused-ring (bicyclic) bond motifs is 1. The summed E-state index contributed by atoms with van der Waals surface area (Å²) in [5, 5.41) is 12.5. The summed E-state index contributed by atoms with van der Waals surface area (Å²) in [6, 6.07) is 15.3. The van der Waals surface area contributed by atoms with Gasteiger partial charge in [0, 0.05) is 13.0 Å². The maximum absolute atomic E-state index is 11.1. The lowest BCUT2D eigenvalue weighted by Gasteiger charge is -2.21. The Bertz CT molecular complexity index is 867. The first-order valence-electron chi connectivity index (χ1n) is 9.00. The van der Waals surface area contributed by atoms with Crippen LogP contribution in [0, 0.1) is 0 Å². The van der Waals surface area contributed by atoms with E-state index in [4.69, 9.17) is 14.3 Å². The summed E-state index contributed by atoms with van der Waals surface area (Å²) in [7, 11) is 0. The van der Waals surface area contributed by atoms with Gasteiger partial charge in [-0.1, -0.05) is 24.3 Å². The molecule has 0 radical (unpaired) electrons. The fourth-order valence-electron chi connectivity index (χ4n) is 2.64. The van der Waals surface area contributed by atoms with Crippen LogP contribution in [-0.2, 0) is 17.6 Å². The molecule has 2 aromatic carbocycles. The number of aliphatic carboxylic acids is 1. The van der Waals surface area contributed by atoms with Crippen molar-refractivity contribution < 1.29 is 19.1 Å². The molecule has 6 nitrogen and oxygen atoms in total. The summed E-state index contributed by atoms with van der Waals surface area (Å²) >= 11 is 0. The summed E-state index contributed by atoms with van der Waals surface area (Å²) in [5.74, 6) is 0.302. The molecule has 1 aromatic heterocycles. The van der Waals surface area contributed by atoms with E-state index < -0.39 is 11.6 Å². The topological polar surface area (TPSA) is 84.6 Å². The van der Waals surface area contributed by atoms with E-state index in [0.29, 0.717) is 5.75 Å². The summed E-state index contributed by atoms with van der Waals surface area (Å²) in [6.45, 7) is 4.69. The number of carboxylic acid groups (broad SMARTS) is 1. The van der Waals surface area contributed by atoms with Gasteiger partial charge in [0.25, 0.3) is 0 Å². The van der Waals surface area contributed by atoms with Crippen LogP contribution in [0.1, 0.15) is 25.3 Å². The normalized spacial score (nSPS) is 11.6. The van der Waals surface area contributed by atoms with Gasteiger partial charge in [-0.15, -0.1) is 0 Å². The van der Waals surface area contributed by atoms with Crippen molar-refractivity contribution in [3.8, 4) is 5.75 Å². The van der Waals surface area contributed by atoms with Crippen LogP contribution in [0.3, 0.4) is 0 Å². The van der Waals surface area contributed by atoms with Crippen molar-refractivity contribution in [1.82, 2.24) is 10.3 Å². The molecule has 0 saturated heterocycles. The zero-order valence-corrected chi connectivity index (χ0v) is 15.6. The second kappa shape index (κ2) is 8.22. The van der Waals surface area contributed by atoms with Gasteiger partial charge in [-0.2, -0.15) is 0 Å². The number of nitrogens with zero attached hydrogens (tertiary/aromatic N) is 1. The summed E-state index contributed by atoms with van der Waals surface area (Å²) in [6.07, 6.45) is 1.61. The summed E-state index contributed by atoms with van der Waals surface area (Å²) in [4.78, 5) is 15.6. The largest absolute Gasteiger partial charge is 0.478 e. The zero-order valence-electron chi connectivity index (χ0n) is 15.6. The number of hydrogen-bond acceptors (Lipinski definition) is 5. The molecular weight excluding hydrogens is 344 g/mol. The van der Waals surface area contributed by atoms with Crippen LogP contribution in [-0.4, -0.2) is 34.8 Å². The number of benzene rings is 2. The van der Waals surface area contributed by atoms with Crippen molar-refractivity contribution in [3.63, 3.8) is 0 Å². The molecule has 6 heteroatoms. The van der Waals surface area contributed by atoms with Gasteiger partial charge in [0.15, 0.2) is 17.1 Å². The van der Waals surface area contributed by atoms with Crippen molar-refractivity contribution in [1.29, 1.82) is 0 Å². The third kappa shape index (κ3) is 5.08. The molecule has 1 heterocycles. The first-order chi connectivity index (χ1) is 12.9. The van der Waals surface area contributed by atoms with E-state index in [1.54, 1.807) is 12.1 Å². The van der Waals surface area contributed by atoms with Crippen LogP contribution in [0.15, 0.2) is 52.9 Å². The molecule has 0 aliphatic heterocycles. The first-order valence-corrected chi connectivity index (χ1v) is 9.00. The van der Waals surface area contributed by atoms with Crippen molar-refractivity contribution in [2.24, 2.45) is 0 Å². The van der Waals surface area contributed by atoms with Crippen LogP contribution in [0.2, 0.25) is 0 Å². The average Bonchev–Trinajstić information content (AvgIpc) is 3.05. The summed E-state index contributed by atoms with van der Waals surface area (Å²) < 4.78 is 11.2. The van der Waals surface area contributed by atoms with Gasteiger partial charge < -0.3 is 19.6 Å². The van der Waals surface area contributed by atoms with E-state index in [1.165, 1.54) is 13.8 Å². The highest BCUT2D eigenvalue weighted by atomic mass is 16.5. The Morgan fingerprint density at radius 3 is 2.52 bits per heavy atom. The van der Waals surface area contributed by atoms with E-state index in [-0.39, 0.29) is 0 Å². The minimum absolute atomic E-state index is 0.551. The maximum atomic E-state index is 11.1. The Balaban J connectivity index is 1.40. The van der Waals surface area contributed by atoms with E-state index in [9.17, 15) is 4.79 Å². The van der Waals surface area contributed by atoms with Gasteiger partial charge in [0.1, 0.15) is 11.3 Å². The van der Waals surface area contributed by atoms with Crippen LogP contribution in [0.25, 0.3) is 11.1 Å². The van der Waals surface area contributed by atoms with Gasteiger partial charge in [0.2, 0.25) is 0 Å². The minimum Gasteiger partial charge on any atom is -0.478 e. The fraction of sp³-hybridized carbons (Fsp3) is 0.333. The molecule has 0 bridgehead atoms. The van der Waals surface area contributed by atoms with Gasteiger partial charge in [-0.25, -0.2) is 9.78 Å². The van der Waals surface area contributed by atoms with Gasteiger partial charge in [-0.3, -0.25) is 0 Å². The van der Waals surface area contributed by atoms with E-state index in [1.807, 2.05) is 36.4 Å². The molecule has 0 aliphatic carbocycles. The van der Waals surface area contributed by atoms with Gasteiger partial charge >= 0.3 is 5.97 Å². The standard InChI is InChI=1S/C21H24N2O4/c1-21(2,20(24)25)27-16-9-7-15(8-10-16)11-13-22-14-12-19-23-17-5-3-4-6-18(17)26-19/h3-10,22H,11-14H2,1-2H3,(H,24,25). The Hall–Kier alpha value is -2.86. The number of para-hydroxylation sites is 2. The molecule has 0 aliphatic rings. The molecule has 142 valence electrons. The predicted octanol–water partition coefficient (Wildman–Crippen LogP) is 3.44. The Morgan fingerprint density at radius 2 is 1.81 bits per heavy atom. The zero-order chi connectivity index (χ0) is 19.3. The molecule has 0 amide bonds. The molecule has 0 unspecified atom stereocenters. The third-order valence-corrected chi connectivity index (χ3v) is 4.26. The molecule has 0 fully saturated rings. The van der Waals surface area contributed by atoms with Crippen molar-refractivity contribution >= 4 is 17.1 Å². The minimum atomic E-state index is -1.24. The Kier molecular flexibility index (Phi) is 5.76. The highest BCUT2D eigenvalue weighted by molar-refractivity contribution is 5.76. The lowest BCUT2D eigenvalue weighted by atomic mass is 10.1. The monoisotopic (exact) mass is 368 g/mol. The van der Waals surface area contributed by atoms with Crippen molar-refractivity contribution in [3.05, 3.63) is 60.0 Å². The number of nitrogens with one attached hydrogen (secondary N) is 1. The predicted molar refractivity (Wildman–Crippen MR) is 103 cm³/mol. The number of ether oxygens (including phenoxy) is 1. The fourth-order valence-corrected chi connectivity index (χ4v) is 2.64. The molecule has 0 spiro atoms. The number of carbonyl (C=O) groups is 1. The van der Waals surface area contributed by atoms with Crippen LogP contribution < -0.4 is 10.1 Å². The maximum Gasteiger partial charge on any atom is 0.347 e. The van der Waals surface area contributed by atoms with E-state index >= 15 is 0 Å². The van der Waals surface area contributed by atoms with Crippen LogP contribution in [0.4, 0.5) is 0 Å². The number of hydrogen-bond donors (Lipinski definition) is 2. The van der Waals surface area contributed by atoms with Gasteiger partial charge in [0.05, 0.1) is 0 Å². The van der Waals surface area contributed by atoms with Crippen molar-refractivity contribution in [2.75, 3.05) is 13.1 Å². The first kappa shape index (κ1) is 18.9. The molecule has 27 heavy (non-hydrogen) atoms. The van der Waals surface area contributed by atoms with E-state index in [2.05, 4.69) is 10.3 Å². The van der Waals surface area contributed by atoms with E-state index in [0.717, 1.165) is 48.5 Å². The quantitative estimate of drug-likeness (QED) is 0.563. The van der Waals surface area contributed by atoms with Crippen molar-refractivity contribution in [2.45, 2.75) is 32.3 Å². The number of oxazole rings is 1. The second-order valence-corrected chi connectivity index (χ2v) is 6.89. The second-order valence-electron chi connectivity index (χ2n) is 6.89. The Labute approximate surface area is 158 Å². The van der Waals surface area contributed by atoms with Crippen LogP contribution >= 0.6 is 0 Å². The Morgan fingerprint density at radius 1 is 1.11 bits per heavy atom. The summed E-state index contributed by atoms with van der Waals surface area (Å²) in [5.41, 5.74) is 1.62. The SMILES string of the molecule is CC(C)(Oc1ccc(CCNCCc2nc3ccccc3o2)cc1)C(=O)O. The number of rotatable bonds is 9. The molecule has 0 atom stereocenters. The number of aromatic nitrogens is 1. The molecule has 3 rings (SSSR count). The molecular formula is C21H24N2O4. The highest BCUT2D eigenvalue weighted by Gasteiger charge is 2.29. The smallest absolute Gasteiger partial charge is 0.347 e. The lowest BCUT2D eigenvalue weighted by Crippen LogP contribution is -2.37.